The first kappa shape index (κ1) is 9.62. The summed E-state index contributed by atoms with van der Waals surface area (Å²) >= 11 is 0. The lowest BCUT2D eigenvalue weighted by Crippen LogP contribution is -2.23. The van der Waals surface area contributed by atoms with Gasteiger partial charge < -0.3 is 10.4 Å². The highest BCUT2D eigenvalue weighted by Crippen LogP contribution is 2.20. The zero-order chi connectivity index (χ0) is 9.97. The van der Waals surface area contributed by atoms with E-state index in [0.29, 0.717) is 12.6 Å². The number of rotatable bonds is 4. The third-order valence-electron chi connectivity index (χ3n) is 2.43. The molecule has 0 saturated heterocycles. The van der Waals surface area contributed by atoms with E-state index in [1.165, 1.54) is 25.0 Å². The van der Waals surface area contributed by atoms with E-state index in [-0.39, 0.29) is 5.82 Å². The van der Waals surface area contributed by atoms with Gasteiger partial charge in [0.25, 0.3) is 0 Å². The number of aliphatic hydroxyl groups is 1. The smallest absolute Gasteiger partial charge is 0.123 e. The quantitative estimate of drug-likeness (QED) is 0.765. The van der Waals surface area contributed by atoms with Gasteiger partial charge in [0.15, 0.2) is 0 Å². The van der Waals surface area contributed by atoms with Gasteiger partial charge in [-0.3, -0.25) is 0 Å². The summed E-state index contributed by atoms with van der Waals surface area (Å²) in [5.74, 6) is -0.267. The van der Waals surface area contributed by atoms with Gasteiger partial charge in [-0.15, -0.1) is 0 Å². The van der Waals surface area contributed by atoms with Crippen LogP contribution in [0.4, 0.5) is 4.39 Å². The second-order valence-corrected chi connectivity index (χ2v) is 3.75. The third-order valence-corrected chi connectivity index (χ3v) is 2.43. The first-order valence-corrected chi connectivity index (χ1v) is 4.92. The molecule has 0 aliphatic heterocycles. The molecule has 1 atom stereocenters. The zero-order valence-corrected chi connectivity index (χ0v) is 7.91. The van der Waals surface area contributed by atoms with Crippen molar-refractivity contribution in [3.05, 3.63) is 35.6 Å². The minimum Gasteiger partial charge on any atom is -0.387 e. The van der Waals surface area contributed by atoms with Crippen LogP contribution in [-0.2, 0) is 0 Å². The second-order valence-electron chi connectivity index (χ2n) is 3.75. The van der Waals surface area contributed by atoms with E-state index >= 15 is 0 Å². The van der Waals surface area contributed by atoms with E-state index in [1.54, 1.807) is 12.1 Å². The molecule has 76 valence electrons. The molecule has 0 amide bonds. The Bertz CT molecular complexity index is 295. The van der Waals surface area contributed by atoms with Crippen molar-refractivity contribution in [2.75, 3.05) is 6.54 Å². The SMILES string of the molecule is OC(CNC1CC1)c1ccc(F)cc1. The van der Waals surface area contributed by atoms with Crippen molar-refractivity contribution in [1.82, 2.24) is 5.32 Å². The molecule has 0 spiro atoms. The Morgan fingerprint density at radius 2 is 2.00 bits per heavy atom. The van der Waals surface area contributed by atoms with Crippen molar-refractivity contribution < 1.29 is 9.50 Å². The number of benzene rings is 1. The van der Waals surface area contributed by atoms with Gasteiger partial charge in [-0.05, 0) is 30.5 Å². The number of hydrogen-bond acceptors (Lipinski definition) is 2. The van der Waals surface area contributed by atoms with E-state index < -0.39 is 6.10 Å². The summed E-state index contributed by atoms with van der Waals surface area (Å²) < 4.78 is 12.6. The van der Waals surface area contributed by atoms with Crippen LogP contribution in [0.2, 0.25) is 0 Å². The number of halogens is 1. The van der Waals surface area contributed by atoms with E-state index in [0.717, 1.165) is 5.56 Å². The standard InChI is InChI=1S/C11H14FNO/c12-9-3-1-8(2-4-9)11(14)7-13-10-5-6-10/h1-4,10-11,13-14H,5-7H2. The first-order valence-electron chi connectivity index (χ1n) is 4.92. The molecule has 2 nitrogen and oxygen atoms in total. The van der Waals surface area contributed by atoms with Crippen LogP contribution in [0.5, 0.6) is 0 Å². The van der Waals surface area contributed by atoms with Crippen molar-refractivity contribution in [3.63, 3.8) is 0 Å². The lowest BCUT2D eigenvalue weighted by atomic mass is 10.1. The maximum Gasteiger partial charge on any atom is 0.123 e. The van der Waals surface area contributed by atoms with E-state index in [2.05, 4.69) is 5.32 Å². The molecule has 1 fully saturated rings. The summed E-state index contributed by atoms with van der Waals surface area (Å²) in [6, 6.07) is 6.57. The monoisotopic (exact) mass is 195 g/mol. The average Bonchev–Trinajstić information content (AvgIpc) is 2.99. The molecular weight excluding hydrogens is 181 g/mol. The van der Waals surface area contributed by atoms with Crippen molar-refractivity contribution in [2.24, 2.45) is 0 Å². The zero-order valence-electron chi connectivity index (χ0n) is 7.91. The molecule has 3 heteroatoms. The number of nitrogens with one attached hydrogen (secondary N) is 1. The summed E-state index contributed by atoms with van der Waals surface area (Å²) in [5.41, 5.74) is 0.763. The van der Waals surface area contributed by atoms with Crippen molar-refractivity contribution in [3.8, 4) is 0 Å². The van der Waals surface area contributed by atoms with Gasteiger partial charge in [0, 0.05) is 12.6 Å². The fourth-order valence-corrected chi connectivity index (χ4v) is 1.37. The summed E-state index contributed by atoms with van der Waals surface area (Å²) in [7, 11) is 0. The molecule has 1 saturated carbocycles. The Hall–Kier alpha value is -0.930. The van der Waals surface area contributed by atoms with Crippen molar-refractivity contribution in [1.29, 1.82) is 0 Å². The lowest BCUT2D eigenvalue weighted by Gasteiger charge is -2.11. The van der Waals surface area contributed by atoms with Crippen LogP contribution >= 0.6 is 0 Å². The minimum absolute atomic E-state index is 0.267. The Labute approximate surface area is 82.8 Å². The van der Waals surface area contributed by atoms with Crippen LogP contribution in [0.25, 0.3) is 0 Å². The van der Waals surface area contributed by atoms with Crippen LogP contribution in [0.1, 0.15) is 24.5 Å². The Morgan fingerprint density at radius 3 is 2.57 bits per heavy atom. The minimum atomic E-state index is -0.531. The number of aliphatic hydroxyl groups excluding tert-OH is 1. The van der Waals surface area contributed by atoms with Crippen molar-refractivity contribution >= 4 is 0 Å². The predicted octanol–water partition coefficient (Wildman–Crippen LogP) is 1.61. The molecular formula is C11H14FNO. The van der Waals surface area contributed by atoms with Crippen LogP contribution in [0.3, 0.4) is 0 Å². The molecule has 1 aliphatic carbocycles. The summed E-state index contributed by atoms with van der Waals surface area (Å²) in [4.78, 5) is 0. The largest absolute Gasteiger partial charge is 0.387 e. The van der Waals surface area contributed by atoms with Crippen LogP contribution in [0, 0.1) is 5.82 Å². The molecule has 1 aliphatic rings. The summed E-state index contributed by atoms with van der Waals surface area (Å²) in [5, 5.41) is 12.9. The average molecular weight is 195 g/mol. The predicted molar refractivity (Wildman–Crippen MR) is 52.4 cm³/mol. The normalized spacial score (nSPS) is 18.1. The van der Waals surface area contributed by atoms with Gasteiger partial charge in [-0.2, -0.15) is 0 Å². The molecule has 0 bridgehead atoms. The number of hydrogen-bond donors (Lipinski definition) is 2. The maximum absolute atomic E-state index is 12.6. The van der Waals surface area contributed by atoms with E-state index in [9.17, 15) is 9.50 Å². The van der Waals surface area contributed by atoms with Gasteiger partial charge in [-0.1, -0.05) is 12.1 Å². The van der Waals surface area contributed by atoms with E-state index in [4.69, 9.17) is 0 Å². The van der Waals surface area contributed by atoms with Gasteiger partial charge in [0.2, 0.25) is 0 Å². The molecule has 14 heavy (non-hydrogen) atoms. The van der Waals surface area contributed by atoms with Gasteiger partial charge in [0.05, 0.1) is 6.10 Å². The Balaban J connectivity index is 1.88. The Morgan fingerprint density at radius 1 is 1.36 bits per heavy atom. The molecule has 0 heterocycles. The van der Waals surface area contributed by atoms with Gasteiger partial charge in [-0.25, -0.2) is 4.39 Å². The highest BCUT2D eigenvalue weighted by molar-refractivity contribution is 5.18. The Kier molecular flexibility index (Phi) is 2.79. The lowest BCUT2D eigenvalue weighted by molar-refractivity contribution is 0.174. The van der Waals surface area contributed by atoms with Crippen molar-refractivity contribution in [2.45, 2.75) is 25.0 Å². The molecule has 1 unspecified atom stereocenters. The van der Waals surface area contributed by atoms with E-state index in [1.807, 2.05) is 0 Å². The second kappa shape index (κ2) is 4.07. The molecule has 0 radical (unpaired) electrons. The maximum atomic E-state index is 12.6. The van der Waals surface area contributed by atoms with Crippen LogP contribution in [0.15, 0.2) is 24.3 Å². The summed E-state index contributed by atoms with van der Waals surface area (Å²) in [6.07, 6.45) is 1.88. The highest BCUT2D eigenvalue weighted by atomic mass is 19.1. The van der Waals surface area contributed by atoms with Crippen LogP contribution in [-0.4, -0.2) is 17.7 Å². The highest BCUT2D eigenvalue weighted by Gasteiger charge is 2.21. The summed E-state index contributed by atoms with van der Waals surface area (Å²) in [6.45, 7) is 0.552. The molecule has 1 aromatic rings. The third kappa shape index (κ3) is 2.53. The van der Waals surface area contributed by atoms with Gasteiger partial charge >= 0.3 is 0 Å². The topological polar surface area (TPSA) is 32.3 Å². The first-order chi connectivity index (χ1) is 6.75. The van der Waals surface area contributed by atoms with Gasteiger partial charge in [0.1, 0.15) is 5.82 Å². The molecule has 2 N–H and O–H groups in total. The fraction of sp³-hybridized carbons (Fsp3) is 0.455. The van der Waals surface area contributed by atoms with Crippen LogP contribution < -0.4 is 5.32 Å². The molecule has 1 aromatic carbocycles. The molecule has 0 aromatic heterocycles. The molecule has 2 rings (SSSR count). The fourth-order valence-electron chi connectivity index (χ4n) is 1.37.